The van der Waals surface area contributed by atoms with Gasteiger partial charge in [-0.15, -0.1) is 0 Å². The number of benzene rings is 1. The molecule has 1 heterocycles. The summed E-state index contributed by atoms with van der Waals surface area (Å²) in [6.07, 6.45) is 2.08. The van der Waals surface area contributed by atoms with Gasteiger partial charge in [-0.1, -0.05) is 6.07 Å². The Morgan fingerprint density at radius 2 is 2.27 bits per heavy atom. The molecule has 0 spiro atoms. The van der Waals surface area contributed by atoms with E-state index in [1.165, 1.54) is 0 Å². The zero-order valence-electron chi connectivity index (χ0n) is 8.45. The van der Waals surface area contributed by atoms with Crippen LogP contribution in [0.15, 0.2) is 18.2 Å². The minimum atomic E-state index is 0.246. The lowest BCUT2D eigenvalue weighted by Crippen LogP contribution is -2.20. The number of nitrogens with one attached hydrogen (secondary N) is 1. The second-order valence-electron chi connectivity index (χ2n) is 4.10. The van der Waals surface area contributed by atoms with E-state index < -0.39 is 0 Å². The molecule has 0 amide bonds. The molecule has 0 radical (unpaired) electrons. The summed E-state index contributed by atoms with van der Waals surface area (Å²) in [4.78, 5) is 12.0. The van der Waals surface area contributed by atoms with Crippen LogP contribution in [0.3, 0.4) is 0 Å². The number of hydrogen-bond donors (Lipinski definition) is 1. The van der Waals surface area contributed by atoms with Gasteiger partial charge in [0.05, 0.1) is 11.3 Å². The summed E-state index contributed by atoms with van der Waals surface area (Å²) in [6, 6.07) is 5.74. The zero-order valence-corrected chi connectivity index (χ0v) is 8.45. The molecule has 1 fully saturated rings. The van der Waals surface area contributed by atoms with E-state index in [0.717, 1.165) is 36.4 Å². The van der Waals surface area contributed by atoms with Crippen LogP contribution in [0.5, 0.6) is 5.75 Å². The van der Waals surface area contributed by atoms with Crippen LogP contribution in [0.4, 0.5) is 5.69 Å². The highest BCUT2D eigenvalue weighted by atomic mass is 16.5. The van der Waals surface area contributed by atoms with Crippen molar-refractivity contribution in [1.82, 2.24) is 0 Å². The van der Waals surface area contributed by atoms with Crippen LogP contribution in [0.2, 0.25) is 0 Å². The fourth-order valence-electron chi connectivity index (χ4n) is 1.93. The molecule has 1 aromatic carbocycles. The van der Waals surface area contributed by atoms with Crippen LogP contribution in [-0.4, -0.2) is 18.9 Å². The van der Waals surface area contributed by atoms with Crippen molar-refractivity contribution in [1.29, 1.82) is 0 Å². The van der Waals surface area contributed by atoms with E-state index in [2.05, 4.69) is 5.32 Å². The molecule has 1 aliphatic heterocycles. The van der Waals surface area contributed by atoms with Crippen molar-refractivity contribution in [3.05, 3.63) is 23.8 Å². The lowest BCUT2D eigenvalue weighted by molar-refractivity contribution is 0.0963. The third-order valence-corrected chi connectivity index (χ3v) is 2.89. The predicted molar refractivity (Wildman–Crippen MR) is 57.5 cm³/mol. The number of carbonyl (C=O) groups is 1. The van der Waals surface area contributed by atoms with Crippen molar-refractivity contribution < 1.29 is 9.53 Å². The molecule has 15 heavy (non-hydrogen) atoms. The monoisotopic (exact) mass is 203 g/mol. The summed E-state index contributed by atoms with van der Waals surface area (Å²) in [5.41, 5.74) is 1.70. The summed E-state index contributed by atoms with van der Waals surface area (Å²) in [6.45, 7) is 1.45. The topological polar surface area (TPSA) is 38.3 Å². The molecule has 0 atom stereocenters. The third-order valence-electron chi connectivity index (χ3n) is 2.89. The summed E-state index contributed by atoms with van der Waals surface area (Å²) in [5.74, 6) is 1.25. The van der Waals surface area contributed by atoms with E-state index >= 15 is 0 Å². The Kier molecular flexibility index (Phi) is 1.91. The van der Waals surface area contributed by atoms with Crippen LogP contribution in [0.1, 0.15) is 23.2 Å². The quantitative estimate of drug-likeness (QED) is 0.748. The molecule has 0 saturated heterocycles. The molecular weight excluding hydrogens is 190 g/mol. The molecule has 1 aromatic rings. The smallest absolute Gasteiger partial charge is 0.169 e. The maximum Gasteiger partial charge on any atom is 0.169 e. The molecule has 0 unspecified atom stereocenters. The first-order chi connectivity index (χ1) is 7.36. The number of ether oxygens (including phenoxy) is 1. The lowest BCUT2D eigenvalue weighted by Gasteiger charge is -2.21. The van der Waals surface area contributed by atoms with Gasteiger partial charge in [0, 0.05) is 12.5 Å². The fourth-order valence-corrected chi connectivity index (χ4v) is 1.93. The van der Waals surface area contributed by atoms with E-state index in [4.69, 9.17) is 4.74 Å². The first-order valence-electron chi connectivity index (χ1n) is 5.40. The van der Waals surface area contributed by atoms with E-state index in [1.807, 2.05) is 18.2 Å². The second kappa shape index (κ2) is 3.26. The zero-order chi connectivity index (χ0) is 10.3. The maximum absolute atomic E-state index is 12.0. The molecule has 3 rings (SSSR count). The molecular formula is C12H13NO2. The molecule has 1 saturated carbocycles. The van der Waals surface area contributed by atoms with Crippen molar-refractivity contribution in [2.75, 3.05) is 18.5 Å². The van der Waals surface area contributed by atoms with E-state index in [1.54, 1.807) is 0 Å². The first-order valence-corrected chi connectivity index (χ1v) is 5.40. The Balaban J connectivity index is 2.02. The average molecular weight is 203 g/mol. The highest BCUT2D eigenvalue weighted by molar-refractivity contribution is 6.03. The number of rotatable bonds is 2. The molecule has 3 heteroatoms. The highest BCUT2D eigenvalue weighted by Crippen LogP contribution is 2.38. The van der Waals surface area contributed by atoms with Gasteiger partial charge in [-0.25, -0.2) is 0 Å². The number of para-hydroxylation sites is 1. The van der Waals surface area contributed by atoms with Gasteiger partial charge in [0.15, 0.2) is 11.5 Å². The van der Waals surface area contributed by atoms with Crippen LogP contribution in [-0.2, 0) is 0 Å². The number of hydrogen-bond acceptors (Lipinski definition) is 3. The third kappa shape index (κ3) is 1.48. The Hall–Kier alpha value is -1.51. The minimum absolute atomic E-state index is 0.246. The number of Topliss-reactive ketones (excluding diaryl/α,β-unsaturated/α-hetero) is 1. The van der Waals surface area contributed by atoms with Gasteiger partial charge >= 0.3 is 0 Å². The van der Waals surface area contributed by atoms with E-state index in [0.29, 0.717) is 6.61 Å². The van der Waals surface area contributed by atoms with Gasteiger partial charge in [0.25, 0.3) is 0 Å². The van der Waals surface area contributed by atoms with E-state index in [-0.39, 0.29) is 11.7 Å². The lowest BCUT2D eigenvalue weighted by atomic mass is 10.0. The minimum Gasteiger partial charge on any atom is -0.489 e. The van der Waals surface area contributed by atoms with Crippen molar-refractivity contribution >= 4 is 11.5 Å². The summed E-state index contributed by atoms with van der Waals surface area (Å²) in [5, 5.41) is 3.24. The second-order valence-corrected chi connectivity index (χ2v) is 4.10. The highest BCUT2D eigenvalue weighted by Gasteiger charge is 2.33. The van der Waals surface area contributed by atoms with Crippen LogP contribution in [0, 0.1) is 5.92 Å². The Morgan fingerprint density at radius 1 is 1.40 bits per heavy atom. The van der Waals surface area contributed by atoms with Gasteiger partial charge in [-0.2, -0.15) is 0 Å². The average Bonchev–Trinajstić information content (AvgIpc) is 3.11. The van der Waals surface area contributed by atoms with Crippen molar-refractivity contribution in [3.63, 3.8) is 0 Å². The molecule has 2 aliphatic rings. The summed E-state index contributed by atoms with van der Waals surface area (Å²) < 4.78 is 5.57. The Morgan fingerprint density at radius 3 is 3.07 bits per heavy atom. The first kappa shape index (κ1) is 8.77. The predicted octanol–water partition coefficient (Wildman–Crippen LogP) is 2.08. The van der Waals surface area contributed by atoms with Crippen molar-refractivity contribution in [2.24, 2.45) is 5.92 Å². The van der Waals surface area contributed by atoms with Gasteiger partial charge in [0.1, 0.15) is 6.61 Å². The SMILES string of the molecule is O=C(c1cccc2c1OCCN2)C1CC1. The maximum atomic E-state index is 12.0. The van der Waals surface area contributed by atoms with Crippen LogP contribution < -0.4 is 10.1 Å². The molecule has 1 aliphatic carbocycles. The van der Waals surface area contributed by atoms with Gasteiger partial charge in [-0.05, 0) is 25.0 Å². The largest absolute Gasteiger partial charge is 0.489 e. The number of carbonyl (C=O) groups excluding carboxylic acids is 1. The Bertz CT molecular complexity index is 410. The van der Waals surface area contributed by atoms with Crippen LogP contribution in [0.25, 0.3) is 0 Å². The molecule has 3 nitrogen and oxygen atoms in total. The molecule has 0 bridgehead atoms. The van der Waals surface area contributed by atoms with Gasteiger partial charge in [0.2, 0.25) is 0 Å². The van der Waals surface area contributed by atoms with Gasteiger partial charge < -0.3 is 10.1 Å². The number of fused-ring (bicyclic) bond motifs is 1. The normalized spacial score (nSPS) is 18.7. The molecule has 0 aromatic heterocycles. The van der Waals surface area contributed by atoms with Crippen molar-refractivity contribution in [2.45, 2.75) is 12.8 Å². The van der Waals surface area contributed by atoms with E-state index in [9.17, 15) is 4.79 Å². The summed E-state index contributed by atoms with van der Waals surface area (Å²) in [7, 11) is 0. The molecule has 1 N–H and O–H groups in total. The fraction of sp³-hybridized carbons (Fsp3) is 0.417. The Labute approximate surface area is 88.4 Å². The summed E-state index contributed by atoms with van der Waals surface area (Å²) >= 11 is 0. The number of ketones is 1. The number of anilines is 1. The van der Waals surface area contributed by atoms with Gasteiger partial charge in [-0.3, -0.25) is 4.79 Å². The van der Waals surface area contributed by atoms with Crippen molar-refractivity contribution in [3.8, 4) is 5.75 Å². The van der Waals surface area contributed by atoms with Crippen LogP contribution >= 0.6 is 0 Å². The molecule has 78 valence electrons. The standard InChI is InChI=1S/C12H13NO2/c14-11(8-4-5-8)9-2-1-3-10-12(9)15-7-6-13-10/h1-3,8,13H,4-7H2.